The minimum Gasteiger partial charge on any atom is -0.476 e. The van der Waals surface area contributed by atoms with E-state index in [9.17, 15) is 13.2 Å². The Bertz CT molecular complexity index is 925. The fraction of sp³-hybridized carbons (Fsp3) is 0.350. The molecule has 2 unspecified atom stereocenters. The Morgan fingerprint density at radius 2 is 1.89 bits per heavy atom. The van der Waals surface area contributed by atoms with Crippen molar-refractivity contribution in [3.63, 3.8) is 0 Å². The number of nitrogens with zero attached hydrogens (tertiary/aromatic N) is 1. The lowest BCUT2D eigenvalue weighted by atomic mass is 10.0. The van der Waals surface area contributed by atoms with Crippen LogP contribution in [0.4, 0.5) is 5.69 Å². The molecule has 0 aromatic heterocycles. The number of ether oxygens (including phenoxy) is 1. The maximum Gasteiger partial charge on any atom is 0.263 e. The first-order valence-electron chi connectivity index (χ1n) is 8.92. The lowest BCUT2D eigenvalue weighted by Gasteiger charge is -2.34. The van der Waals surface area contributed by atoms with Gasteiger partial charge in [-0.2, -0.15) is 0 Å². The van der Waals surface area contributed by atoms with Crippen LogP contribution in [0, 0.1) is 0 Å². The molecule has 1 aliphatic heterocycles. The van der Waals surface area contributed by atoms with Crippen molar-refractivity contribution in [1.82, 2.24) is 5.32 Å². The number of carbonyl (C=O) groups is 1. The zero-order chi connectivity index (χ0) is 19.6. The standard InChI is InChI=1S/C20H24N2O4S/c1-4-15-9-11-16(12-10-15)14(2)21-20(23)19-13-22(27(3,24)25)17-7-5-6-8-18(17)26-19/h5-12,14,19H,4,13H2,1-3H3,(H,21,23). The molecule has 3 rings (SSSR count). The summed E-state index contributed by atoms with van der Waals surface area (Å²) in [6.07, 6.45) is 1.17. The van der Waals surface area contributed by atoms with Crippen LogP contribution in [-0.4, -0.2) is 33.2 Å². The largest absolute Gasteiger partial charge is 0.476 e. The van der Waals surface area contributed by atoms with E-state index in [0.717, 1.165) is 18.2 Å². The van der Waals surface area contributed by atoms with Crippen LogP contribution in [0.25, 0.3) is 0 Å². The number of hydrogen-bond donors (Lipinski definition) is 1. The third-order valence-electron chi connectivity index (χ3n) is 4.67. The van der Waals surface area contributed by atoms with Crippen LogP contribution >= 0.6 is 0 Å². The average molecular weight is 388 g/mol. The number of para-hydroxylation sites is 2. The number of nitrogens with one attached hydrogen (secondary N) is 1. The second-order valence-corrected chi connectivity index (χ2v) is 8.60. The quantitative estimate of drug-likeness (QED) is 0.854. The molecule has 144 valence electrons. The average Bonchev–Trinajstić information content (AvgIpc) is 2.66. The molecule has 0 spiro atoms. The van der Waals surface area contributed by atoms with Crippen LogP contribution in [0.15, 0.2) is 48.5 Å². The van der Waals surface area contributed by atoms with E-state index in [4.69, 9.17) is 4.74 Å². The first-order chi connectivity index (χ1) is 12.8. The van der Waals surface area contributed by atoms with Crippen molar-refractivity contribution >= 4 is 21.6 Å². The Balaban J connectivity index is 1.76. The Hall–Kier alpha value is -2.54. The maximum absolute atomic E-state index is 12.7. The molecular formula is C20H24N2O4S. The van der Waals surface area contributed by atoms with E-state index < -0.39 is 16.1 Å². The van der Waals surface area contributed by atoms with E-state index in [0.29, 0.717) is 11.4 Å². The third-order valence-corrected chi connectivity index (χ3v) is 5.82. The highest BCUT2D eigenvalue weighted by atomic mass is 32.2. The van der Waals surface area contributed by atoms with Crippen molar-refractivity contribution in [1.29, 1.82) is 0 Å². The minimum atomic E-state index is -3.52. The highest BCUT2D eigenvalue weighted by molar-refractivity contribution is 7.92. The number of hydrogen-bond acceptors (Lipinski definition) is 4. The molecule has 0 aliphatic carbocycles. The Labute approximate surface area is 160 Å². The van der Waals surface area contributed by atoms with Crippen LogP contribution in [0.1, 0.15) is 31.0 Å². The zero-order valence-corrected chi connectivity index (χ0v) is 16.5. The summed E-state index contributed by atoms with van der Waals surface area (Å²) in [5, 5.41) is 2.92. The van der Waals surface area contributed by atoms with E-state index >= 15 is 0 Å². The molecule has 1 amide bonds. The summed E-state index contributed by atoms with van der Waals surface area (Å²) in [6.45, 7) is 3.93. The van der Waals surface area contributed by atoms with E-state index in [1.807, 2.05) is 31.2 Å². The number of carbonyl (C=O) groups excluding carboxylic acids is 1. The van der Waals surface area contributed by atoms with E-state index in [-0.39, 0.29) is 18.5 Å². The van der Waals surface area contributed by atoms with Gasteiger partial charge in [0.15, 0.2) is 6.10 Å². The molecule has 27 heavy (non-hydrogen) atoms. The van der Waals surface area contributed by atoms with Crippen LogP contribution in [0.3, 0.4) is 0 Å². The maximum atomic E-state index is 12.7. The fourth-order valence-corrected chi connectivity index (χ4v) is 4.00. The number of fused-ring (bicyclic) bond motifs is 1. The third kappa shape index (κ3) is 4.24. The SMILES string of the molecule is CCc1ccc(C(C)NC(=O)C2CN(S(C)(=O)=O)c3ccccc3O2)cc1. The van der Waals surface area contributed by atoms with Crippen molar-refractivity contribution in [2.45, 2.75) is 32.4 Å². The van der Waals surface area contributed by atoms with Gasteiger partial charge in [0.1, 0.15) is 5.75 Å². The lowest BCUT2D eigenvalue weighted by molar-refractivity contribution is -0.128. The summed E-state index contributed by atoms with van der Waals surface area (Å²) in [6, 6.07) is 14.7. The molecular weight excluding hydrogens is 364 g/mol. The molecule has 0 bridgehead atoms. The molecule has 2 atom stereocenters. The smallest absolute Gasteiger partial charge is 0.263 e. The fourth-order valence-electron chi connectivity index (χ4n) is 3.08. The molecule has 7 heteroatoms. The van der Waals surface area contributed by atoms with Crippen LogP contribution < -0.4 is 14.4 Å². The number of anilines is 1. The van der Waals surface area contributed by atoms with E-state index in [2.05, 4.69) is 12.2 Å². The normalized spacial score (nSPS) is 17.6. The summed E-state index contributed by atoms with van der Waals surface area (Å²) in [5.74, 6) is 0.0412. The monoisotopic (exact) mass is 388 g/mol. The van der Waals surface area contributed by atoms with Gasteiger partial charge in [-0.25, -0.2) is 8.42 Å². The van der Waals surface area contributed by atoms with Gasteiger partial charge in [0.05, 0.1) is 24.5 Å². The lowest BCUT2D eigenvalue weighted by Crippen LogP contribution is -2.50. The van der Waals surface area contributed by atoms with Crippen molar-refractivity contribution < 1.29 is 17.9 Å². The zero-order valence-electron chi connectivity index (χ0n) is 15.7. The van der Waals surface area contributed by atoms with Gasteiger partial charge in [0.2, 0.25) is 10.0 Å². The van der Waals surface area contributed by atoms with Crippen LogP contribution in [0.5, 0.6) is 5.75 Å². The summed E-state index contributed by atoms with van der Waals surface area (Å²) < 4.78 is 31.3. The molecule has 1 N–H and O–H groups in total. The molecule has 0 fully saturated rings. The van der Waals surface area contributed by atoms with Crippen molar-refractivity contribution in [2.24, 2.45) is 0 Å². The summed E-state index contributed by atoms with van der Waals surface area (Å²) in [7, 11) is -3.52. The Kier molecular flexibility index (Phi) is 5.41. The molecule has 2 aromatic rings. The molecule has 0 saturated carbocycles. The first kappa shape index (κ1) is 19.2. The number of rotatable bonds is 5. The number of sulfonamides is 1. The molecule has 1 heterocycles. The molecule has 0 saturated heterocycles. The van der Waals surface area contributed by atoms with Crippen molar-refractivity contribution in [2.75, 3.05) is 17.1 Å². The van der Waals surface area contributed by atoms with E-state index in [1.54, 1.807) is 24.3 Å². The van der Waals surface area contributed by atoms with Crippen LogP contribution in [-0.2, 0) is 21.2 Å². The van der Waals surface area contributed by atoms with E-state index in [1.165, 1.54) is 9.87 Å². The molecule has 1 aliphatic rings. The van der Waals surface area contributed by atoms with Crippen LogP contribution in [0.2, 0.25) is 0 Å². The van der Waals surface area contributed by atoms with Gasteiger partial charge in [-0.1, -0.05) is 43.3 Å². The first-order valence-corrected chi connectivity index (χ1v) is 10.8. The highest BCUT2D eigenvalue weighted by Crippen LogP contribution is 2.34. The summed E-state index contributed by atoms with van der Waals surface area (Å²) in [4.78, 5) is 12.7. The molecule has 6 nitrogen and oxygen atoms in total. The number of amides is 1. The topological polar surface area (TPSA) is 75.7 Å². The van der Waals surface area contributed by atoms with Gasteiger partial charge in [0, 0.05) is 0 Å². The van der Waals surface area contributed by atoms with Gasteiger partial charge in [-0.15, -0.1) is 0 Å². The van der Waals surface area contributed by atoms with Gasteiger partial charge in [-0.3, -0.25) is 9.10 Å². The van der Waals surface area contributed by atoms with Gasteiger partial charge < -0.3 is 10.1 Å². The number of benzene rings is 2. The second kappa shape index (κ2) is 7.60. The molecule has 2 aromatic carbocycles. The van der Waals surface area contributed by atoms with Crippen molar-refractivity contribution in [3.05, 3.63) is 59.7 Å². The summed E-state index contributed by atoms with van der Waals surface area (Å²) >= 11 is 0. The Morgan fingerprint density at radius 1 is 1.22 bits per heavy atom. The van der Waals surface area contributed by atoms with Crippen molar-refractivity contribution in [3.8, 4) is 5.75 Å². The van der Waals surface area contributed by atoms with Gasteiger partial charge in [0.25, 0.3) is 5.91 Å². The predicted octanol–water partition coefficient (Wildman–Crippen LogP) is 2.65. The Morgan fingerprint density at radius 3 is 2.52 bits per heavy atom. The summed E-state index contributed by atoms with van der Waals surface area (Å²) in [5.41, 5.74) is 2.66. The number of aryl methyl sites for hydroxylation is 1. The molecule has 0 radical (unpaired) electrons. The minimum absolute atomic E-state index is 0.0524. The second-order valence-electron chi connectivity index (χ2n) is 6.69. The van der Waals surface area contributed by atoms with Gasteiger partial charge in [-0.05, 0) is 36.6 Å². The predicted molar refractivity (Wildman–Crippen MR) is 105 cm³/mol. The van der Waals surface area contributed by atoms with Gasteiger partial charge >= 0.3 is 0 Å². The highest BCUT2D eigenvalue weighted by Gasteiger charge is 2.35.